The van der Waals surface area contributed by atoms with E-state index in [1.807, 2.05) is 0 Å². The second kappa shape index (κ2) is 19.4. The molecule has 1 saturated heterocycles. The van der Waals surface area contributed by atoms with E-state index >= 15 is 0 Å². The number of alkyl carbamates (subject to hydrolysis) is 1. The maximum atomic E-state index is 12.8. The zero-order valence-electron chi connectivity index (χ0n) is 26.6. The molecule has 17 nitrogen and oxygen atoms in total. The van der Waals surface area contributed by atoms with Gasteiger partial charge in [0.1, 0.15) is 18.5 Å². The number of hydrogen-bond acceptors (Lipinski definition) is 12. The fourth-order valence-corrected chi connectivity index (χ4v) is 4.45. The average Bonchev–Trinajstić information content (AvgIpc) is 3.27. The summed E-state index contributed by atoms with van der Waals surface area (Å²) in [7, 11) is 1.37. The molecule has 1 aromatic rings. The predicted octanol–water partition coefficient (Wildman–Crippen LogP) is -0.148. The molecule has 5 atom stereocenters. The minimum Gasteiger partial charge on any atom is -0.479 e. The first kappa shape index (κ1) is 38.9. The molecule has 0 aliphatic carbocycles. The zero-order valence-corrected chi connectivity index (χ0v) is 26.6. The van der Waals surface area contributed by atoms with E-state index in [1.165, 1.54) is 30.1 Å². The summed E-state index contributed by atoms with van der Waals surface area (Å²) >= 11 is 0. The van der Waals surface area contributed by atoms with Crippen LogP contribution < -0.4 is 20.7 Å². The Hall–Kier alpha value is -4.32. The Bertz CT molecular complexity index is 1260. The first-order valence-electron chi connectivity index (χ1n) is 15.2. The van der Waals surface area contributed by atoms with Crippen molar-refractivity contribution in [1.29, 1.82) is 0 Å². The van der Waals surface area contributed by atoms with E-state index in [1.54, 1.807) is 6.92 Å². The smallest absolute Gasteiger partial charge is 0.407 e. The number of benzene rings is 1. The number of nitrogens with one attached hydrogen (secondary N) is 3. The lowest BCUT2D eigenvalue weighted by atomic mass is 10.1. The van der Waals surface area contributed by atoms with E-state index in [9.17, 15) is 49.2 Å². The van der Waals surface area contributed by atoms with Crippen molar-refractivity contribution >= 4 is 41.4 Å². The minimum atomic E-state index is -1.83. The summed E-state index contributed by atoms with van der Waals surface area (Å²) in [6.45, 7) is 2.07. The van der Waals surface area contributed by atoms with E-state index in [-0.39, 0.29) is 67.5 Å². The number of aliphatic hydroxyl groups excluding tert-OH is 3. The lowest BCUT2D eigenvalue weighted by Crippen LogP contribution is -2.45. The highest BCUT2D eigenvalue weighted by atomic mass is 16.7. The molecular formula is C30H44N4O13. The van der Waals surface area contributed by atoms with E-state index in [4.69, 9.17) is 14.2 Å². The number of likely N-dealkylation sites (tertiary alicyclic amines) is 1. The number of unbranched alkanes of at least 4 members (excludes halogenated alkanes) is 2. The number of anilines is 1. The summed E-state index contributed by atoms with van der Waals surface area (Å²) in [4.78, 5) is 73.2. The van der Waals surface area contributed by atoms with Crippen molar-refractivity contribution in [2.75, 3.05) is 32.1 Å². The van der Waals surface area contributed by atoms with Crippen LogP contribution in [0.25, 0.3) is 0 Å². The molecule has 0 bridgehead atoms. The molecule has 1 heterocycles. The van der Waals surface area contributed by atoms with Crippen LogP contribution in [-0.2, 0) is 40.1 Å². The third-order valence-electron chi connectivity index (χ3n) is 7.03. The van der Waals surface area contributed by atoms with Crippen molar-refractivity contribution in [3.05, 3.63) is 23.8 Å². The second-order valence-corrected chi connectivity index (χ2v) is 11.0. The van der Waals surface area contributed by atoms with Crippen molar-refractivity contribution in [3.8, 4) is 5.75 Å². The van der Waals surface area contributed by atoms with Gasteiger partial charge in [-0.25, -0.2) is 9.59 Å². The minimum absolute atomic E-state index is 0.00588. The van der Waals surface area contributed by atoms with Gasteiger partial charge < -0.3 is 50.6 Å². The molecule has 1 aliphatic heterocycles. The SMILES string of the molecule is CNC(=O)OCc1ccc(OC(OC(C(=O)O)[C@H](C)O)[C@@H](O)CO)c(NC(=O)CCNC(=O)CCCCCN2C(=O)CC(C)C2=O)c1. The lowest BCUT2D eigenvalue weighted by Gasteiger charge is -2.28. The van der Waals surface area contributed by atoms with Gasteiger partial charge in [0.15, 0.2) is 6.10 Å². The van der Waals surface area contributed by atoms with Crippen LogP contribution in [-0.4, -0.2) is 112 Å². The standard InChI is InChI=1S/C30H44N4O13/c1-17-13-25(40)34(27(17)41)12-6-4-5-7-23(38)32-11-10-24(39)33-20-14-19(16-45-30(44)31-3)8-9-22(20)46-29(21(37)15-35)47-26(18(2)36)28(42)43/h8-9,14,17-18,21,26,29,35-37H,4-7,10-13,15-16H2,1-3H3,(H,31,44)(H,32,38)(H,33,39)(H,42,43)/t17?,18-,21-,26?,29?/m0/s1. The number of aliphatic hydroxyl groups is 3. The molecule has 0 spiro atoms. The van der Waals surface area contributed by atoms with Crippen LogP contribution in [0.5, 0.6) is 5.75 Å². The number of aliphatic carboxylic acids is 1. The number of carbonyl (C=O) groups excluding carboxylic acids is 5. The molecule has 0 saturated carbocycles. The van der Waals surface area contributed by atoms with Crippen LogP contribution >= 0.6 is 0 Å². The van der Waals surface area contributed by atoms with Crippen molar-refractivity contribution in [2.45, 2.75) is 83.6 Å². The van der Waals surface area contributed by atoms with Crippen LogP contribution in [0.15, 0.2) is 18.2 Å². The summed E-state index contributed by atoms with van der Waals surface area (Å²) in [6.07, 6.45) is -5.63. The molecule has 0 aromatic heterocycles. The normalized spacial score (nSPS) is 17.0. The molecule has 262 valence electrons. The van der Waals surface area contributed by atoms with Crippen LogP contribution in [0.1, 0.15) is 57.9 Å². The topological polar surface area (TPSA) is 250 Å². The van der Waals surface area contributed by atoms with Gasteiger partial charge in [-0.1, -0.05) is 19.4 Å². The van der Waals surface area contributed by atoms with Crippen molar-refractivity contribution in [2.24, 2.45) is 5.92 Å². The van der Waals surface area contributed by atoms with E-state index in [0.717, 1.165) is 6.92 Å². The van der Waals surface area contributed by atoms with Crippen LogP contribution in [0.4, 0.5) is 10.5 Å². The third kappa shape index (κ3) is 12.8. The number of imide groups is 1. The number of carbonyl (C=O) groups is 6. The molecular weight excluding hydrogens is 624 g/mol. The Morgan fingerprint density at radius 1 is 1.06 bits per heavy atom. The summed E-state index contributed by atoms with van der Waals surface area (Å²) in [6, 6.07) is 4.18. The highest BCUT2D eigenvalue weighted by Crippen LogP contribution is 2.29. The van der Waals surface area contributed by atoms with Crippen molar-refractivity contribution < 1.29 is 63.4 Å². The summed E-state index contributed by atoms with van der Waals surface area (Å²) in [5.41, 5.74) is 0.413. The maximum Gasteiger partial charge on any atom is 0.407 e. The fourth-order valence-electron chi connectivity index (χ4n) is 4.45. The van der Waals surface area contributed by atoms with Gasteiger partial charge in [-0.3, -0.25) is 24.1 Å². The monoisotopic (exact) mass is 668 g/mol. The predicted molar refractivity (Wildman–Crippen MR) is 163 cm³/mol. The highest BCUT2D eigenvalue weighted by molar-refractivity contribution is 6.03. The largest absolute Gasteiger partial charge is 0.479 e. The molecule has 47 heavy (non-hydrogen) atoms. The van der Waals surface area contributed by atoms with Crippen LogP contribution in [0, 0.1) is 5.92 Å². The third-order valence-corrected chi connectivity index (χ3v) is 7.03. The second-order valence-electron chi connectivity index (χ2n) is 11.0. The van der Waals surface area contributed by atoms with Gasteiger partial charge in [-0.2, -0.15) is 0 Å². The van der Waals surface area contributed by atoms with Gasteiger partial charge in [0, 0.05) is 45.3 Å². The van der Waals surface area contributed by atoms with Crippen LogP contribution in [0.2, 0.25) is 0 Å². The number of carboxylic acids is 1. The average molecular weight is 669 g/mol. The van der Waals surface area contributed by atoms with Gasteiger partial charge in [0.2, 0.25) is 29.9 Å². The first-order chi connectivity index (χ1) is 22.3. The molecule has 2 rings (SSSR count). The van der Waals surface area contributed by atoms with Gasteiger partial charge in [0.05, 0.1) is 18.4 Å². The Labute approximate surface area is 271 Å². The lowest BCUT2D eigenvalue weighted by molar-refractivity contribution is -0.208. The number of amides is 5. The Balaban J connectivity index is 1.98. The summed E-state index contributed by atoms with van der Waals surface area (Å²) < 4.78 is 15.9. The van der Waals surface area contributed by atoms with Crippen molar-refractivity contribution in [1.82, 2.24) is 15.5 Å². The highest BCUT2D eigenvalue weighted by Gasteiger charge is 2.35. The summed E-state index contributed by atoms with van der Waals surface area (Å²) in [5.74, 6) is -3.18. The fraction of sp³-hybridized carbons (Fsp3) is 0.600. The molecule has 1 fully saturated rings. The molecule has 3 unspecified atom stereocenters. The maximum absolute atomic E-state index is 12.8. The molecule has 0 radical (unpaired) electrons. The van der Waals surface area contributed by atoms with E-state index < -0.39 is 49.2 Å². The zero-order chi connectivity index (χ0) is 35.1. The molecule has 5 amide bonds. The molecule has 7 N–H and O–H groups in total. The van der Waals surface area contributed by atoms with Crippen LogP contribution in [0.3, 0.4) is 0 Å². The Morgan fingerprint density at radius 3 is 2.38 bits per heavy atom. The number of carboxylic acid groups (broad SMARTS) is 1. The van der Waals surface area contributed by atoms with Gasteiger partial charge in [0.25, 0.3) is 0 Å². The Morgan fingerprint density at radius 2 is 1.79 bits per heavy atom. The van der Waals surface area contributed by atoms with E-state index in [2.05, 4.69) is 16.0 Å². The number of nitrogens with zero attached hydrogens (tertiary/aromatic N) is 1. The Kier molecular flexibility index (Phi) is 16.0. The number of rotatable bonds is 20. The quantitative estimate of drug-likeness (QED) is 0.0543. The van der Waals surface area contributed by atoms with Crippen molar-refractivity contribution in [3.63, 3.8) is 0 Å². The first-order valence-corrected chi connectivity index (χ1v) is 15.2. The van der Waals surface area contributed by atoms with Gasteiger partial charge in [-0.05, 0) is 37.5 Å². The molecule has 17 heteroatoms. The van der Waals surface area contributed by atoms with Gasteiger partial charge >= 0.3 is 12.1 Å². The molecule has 1 aliphatic rings. The van der Waals surface area contributed by atoms with E-state index in [0.29, 0.717) is 31.4 Å². The molecule has 1 aromatic carbocycles. The number of ether oxygens (including phenoxy) is 3. The number of hydrogen-bond donors (Lipinski definition) is 7. The van der Waals surface area contributed by atoms with Gasteiger partial charge in [-0.15, -0.1) is 0 Å². The summed E-state index contributed by atoms with van der Waals surface area (Å²) in [5, 5.41) is 46.4.